The van der Waals surface area contributed by atoms with Crippen LogP contribution < -0.4 is 5.32 Å². The molecule has 0 spiro atoms. The fourth-order valence-electron chi connectivity index (χ4n) is 2.09. The van der Waals surface area contributed by atoms with Crippen LogP contribution in [0.25, 0.3) is 5.32 Å². The number of allylic oxidation sites excluding steroid dienone is 3. The Balaban J connectivity index is 1.97. The van der Waals surface area contributed by atoms with Gasteiger partial charge in [-0.2, -0.15) is 6.20 Å². The topological polar surface area (TPSA) is 35.4 Å². The molecule has 1 atom stereocenters. The van der Waals surface area contributed by atoms with Crippen LogP contribution in [0.3, 0.4) is 0 Å². The van der Waals surface area contributed by atoms with Crippen LogP contribution in [0.1, 0.15) is 19.3 Å². The number of hydrogen-bond acceptors (Lipinski definition) is 3. The molecule has 0 bridgehead atoms. The Morgan fingerprint density at radius 2 is 2.50 bits per heavy atom. The van der Waals surface area contributed by atoms with E-state index in [1.807, 2.05) is 25.0 Å². The molecule has 0 amide bonds. The van der Waals surface area contributed by atoms with Crippen molar-refractivity contribution in [2.24, 2.45) is 0 Å². The zero-order valence-electron chi connectivity index (χ0n) is 10.9. The molecule has 1 unspecified atom stereocenters. The van der Waals surface area contributed by atoms with E-state index in [0.29, 0.717) is 6.10 Å². The average Bonchev–Trinajstić information content (AvgIpc) is 2.91. The lowest BCUT2D eigenvalue weighted by Crippen LogP contribution is -2.26. The van der Waals surface area contributed by atoms with Gasteiger partial charge in [-0.1, -0.05) is 24.1 Å². The van der Waals surface area contributed by atoms with E-state index in [4.69, 9.17) is 4.74 Å². The number of hydrogen-bond donors (Lipinski definition) is 1. The van der Waals surface area contributed by atoms with Crippen LogP contribution in [0, 0.1) is 0 Å². The Kier molecular flexibility index (Phi) is 5.84. The second-order valence-corrected chi connectivity index (χ2v) is 5.45. The molecule has 100 valence electrons. The smallest absolute Gasteiger partial charge is 0.0733 e. The fraction of sp³-hybridized carbons (Fsp3) is 0.571. The molecule has 0 radical (unpaired) electrons. The second-order valence-electron chi connectivity index (χ2n) is 4.46. The number of nitrogens with zero attached hydrogens (tertiary/aromatic N) is 1. The van der Waals surface area contributed by atoms with Crippen LogP contribution in [-0.2, 0) is 4.74 Å². The van der Waals surface area contributed by atoms with Gasteiger partial charge in [-0.3, -0.25) is 0 Å². The lowest BCUT2D eigenvalue weighted by atomic mass is 10.1. The molecule has 0 aromatic rings. The molecule has 1 N–H and O–H groups in total. The molecule has 4 heteroatoms. The summed E-state index contributed by atoms with van der Waals surface area (Å²) in [5, 5.41) is 7.44. The van der Waals surface area contributed by atoms with Gasteiger partial charge in [0, 0.05) is 13.2 Å². The van der Waals surface area contributed by atoms with Gasteiger partial charge < -0.3 is 15.4 Å². The molecule has 0 aliphatic carbocycles. The number of likely N-dealkylation sites (N-methyl/N-ethyl adjacent to an activating group) is 1. The highest BCUT2D eigenvalue weighted by atomic mass is 32.2. The van der Waals surface area contributed by atoms with Gasteiger partial charge >= 0.3 is 0 Å². The third-order valence-corrected chi connectivity index (χ3v) is 3.98. The largest absolute Gasteiger partial charge is 0.681 e. The van der Waals surface area contributed by atoms with Crippen molar-refractivity contribution in [3.63, 3.8) is 0 Å². The zero-order chi connectivity index (χ0) is 12.6. The Bertz CT molecular complexity index is 350. The van der Waals surface area contributed by atoms with E-state index in [-0.39, 0.29) is 0 Å². The molecular weight excluding hydrogens is 244 g/mol. The monoisotopic (exact) mass is 265 g/mol. The van der Waals surface area contributed by atoms with Gasteiger partial charge in [-0.05, 0) is 36.8 Å². The molecule has 0 saturated heterocycles. The van der Waals surface area contributed by atoms with Crippen molar-refractivity contribution in [3.8, 4) is 0 Å². The Labute approximate surface area is 114 Å². The first-order valence-electron chi connectivity index (χ1n) is 6.52. The van der Waals surface area contributed by atoms with Crippen LogP contribution in [-0.4, -0.2) is 32.2 Å². The van der Waals surface area contributed by atoms with Crippen molar-refractivity contribution in [2.45, 2.75) is 25.4 Å². The van der Waals surface area contributed by atoms with Gasteiger partial charge in [0.25, 0.3) is 0 Å². The quantitative estimate of drug-likeness (QED) is 0.851. The summed E-state index contributed by atoms with van der Waals surface area (Å²) < 4.78 is 5.88. The Morgan fingerprint density at radius 3 is 3.28 bits per heavy atom. The fourth-order valence-corrected chi connectivity index (χ4v) is 2.89. The summed E-state index contributed by atoms with van der Waals surface area (Å²) in [6.07, 6.45) is 12.0. The van der Waals surface area contributed by atoms with E-state index in [9.17, 15) is 0 Å². The molecule has 2 aliphatic rings. The van der Waals surface area contributed by atoms with E-state index in [0.717, 1.165) is 38.3 Å². The summed E-state index contributed by atoms with van der Waals surface area (Å²) in [5.41, 5.74) is 1.40. The van der Waals surface area contributed by atoms with Crippen molar-refractivity contribution in [3.05, 3.63) is 40.2 Å². The highest BCUT2D eigenvalue weighted by Crippen LogP contribution is 2.34. The lowest BCUT2D eigenvalue weighted by Gasteiger charge is -2.17. The van der Waals surface area contributed by atoms with E-state index >= 15 is 0 Å². The third-order valence-electron chi connectivity index (χ3n) is 3.03. The van der Waals surface area contributed by atoms with Gasteiger partial charge in [0.2, 0.25) is 0 Å². The predicted octanol–water partition coefficient (Wildman–Crippen LogP) is 3.18. The van der Waals surface area contributed by atoms with Crippen molar-refractivity contribution < 1.29 is 4.74 Å². The molecule has 0 aromatic carbocycles. The number of rotatable bonds is 3. The number of ether oxygens (including phenoxy) is 1. The van der Waals surface area contributed by atoms with Gasteiger partial charge in [0.05, 0.1) is 6.10 Å². The molecule has 0 fully saturated rings. The summed E-state index contributed by atoms with van der Waals surface area (Å²) in [4.78, 5) is 1.33. The second kappa shape index (κ2) is 7.67. The van der Waals surface area contributed by atoms with Crippen LogP contribution >= 0.6 is 11.8 Å². The van der Waals surface area contributed by atoms with Gasteiger partial charge in [-0.25, -0.2) is 0 Å². The summed E-state index contributed by atoms with van der Waals surface area (Å²) in [7, 11) is 1.97. The predicted molar refractivity (Wildman–Crippen MR) is 78.6 cm³/mol. The van der Waals surface area contributed by atoms with Gasteiger partial charge in [-0.15, -0.1) is 11.8 Å². The van der Waals surface area contributed by atoms with Crippen molar-refractivity contribution >= 4 is 11.8 Å². The first kappa shape index (κ1) is 13.7. The van der Waals surface area contributed by atoms with Crippen molar-refractivity contribution in [2.75, 3.05) is 26.1 Å². The van der Waals surface area contributed by atoms with Crippen LogP contribution in [0.2, 0.25) is 0 Å². The maximum atomic E-state index is 5.88. The average molecular weight is 265 g/mol. The Morgan fingerprint density at radius 1 is 1.56 bits per heavy atom. The SMILES string of the molecule is CNCC1C/C=C\C=C(\C2=C[N-]CS2)CCCO1. The standard InChI is InChI=1S/C14H21N2OS/c1-15-9-13-7-3-2-5-12(6-4-8-17-13)14-10-16-11-18-14/h2-3,5,10,13,15H,4,6-9,11H2,1H3/q-1/b3-2-,12-5+. The third kappa shape index (κ3) is 4.19. The molecule has 3 nitrogen and oxygen atoms in total. The molecule has 2 aliphatic heterocycles. The lowest BCUT2D eigenvalue weighted by molar-refractivity contribution is 0.0550. The minimum absolute atomic E-state index is 0.302. The van der Waals surface area contributed by atoms with Crippen LogP contribution in [0.5, 0.6) is 0 Å². The highest BCUT2D eigenvalue weighted by molar-refractivity contribution is 8.03. The summed E-state index contributed by atoms with van der Waals surface area (Å²) in [5.74, 6) is 0.872. The maximum absolute atomic E-state index is 5.88. The molecule has 2 rings (SSSR count). The van der Waals surface area contributed by atoms with Crippen molar-refractivity contribution in [1.82, 2.24) is 5.32 Å². The minimum atomic E-state index is 0.302. The van der Waals surface area contributed by atoms with E-state index in [1.165, 1.54) is 10.5 Å². The summed E-state index contributed by atoms with van der Waals surface area (Å²) >= 11 is 1.83. The maximum Gasteiger partial charge on any atom is 0.0733 e. The first-order valence-corrected chi connectivity index (χ1v) is 7.50. The van der Waals surface area contributed by atoms with Crippen LogP contribution in [0.4, 0.5) is 0 Å². The summed E-state index contributed by atoms with van der Waals surface area (Å²) in [6.45, 7) is 1.76. The normalized spacial score (nSPS) is 29.9. The number of thioether (sulfide) groups is 1. The molecular formula is C14H21N2OS-. The molecule has 0 aromatic heterocycles. The summed E-state index contributed by atoms with van der Waals surface area (Å²) in [6, 6.07) is 0. The highest BCUT2D eigenvalue weighted by Gasteiger charge is 2.09. The first-order chi connectivity index (χ1) is 8.90. The van der Waals surface area contributed by atoms with Gasteiger partial charge in [0.15, 0.2) is 0 Å². The van der Waals surface area contributed by atoms with Crippen molar-refractivity contribution in [1.29, 1.82) is 0 Å². The van der Waals surface area contributed by atoms with E-state index in [1.54, 1.807) is 0 Å². The van der Waals surface area contributed by atoms with E-state index < -0.39 is 0 Å². The molecule has 18 heavy (non-hydrogen) atoms. The number of nitrogens with one attached hydrogen (secondary N) is 1. The Hall–Kier alpha value is -0.710. The minimum Gasteiger partial charge on any atom is -0.681 e. The van der Waals surface area contributed by atoms with Gasteiger partial charge in [0.1, 0.15) is 0 Å². The molecule has 0 saturated carbocycles. The van der Waals surface area contributed by atoms with E-state index in [2.05, 4.69) is 28.9 Å². The van der Waals surface area contributed by atoms with Crippen LogP contribution in [0.15, 0.2) is 34.9 Å². The zero-order valence-corrected chi connectivity index (χ0v) is 11.7. The molecule has 2 heterocycles.